The van der Waals surface area contributed by atoms with Crippen molar-refractivity contribution in [3.63, 3.8) is 0 Å². The van der Waals surface area contributed by atoms with Gasteiger partial charge in [0, 0.05) is 46.7 Å². The zero-order chi connectivity index (χ0) is 18.2. The molecule has 0 spiro atoms. The number of rotatable bonds is 5. The van der Waals surface area contributed by atoms with Crippen molar-refractivity contribution >= 4 is 35.8 Å². The maximum absolute atomic E-state index is 12.3. The molecule has 146 valence electrons. The molecule has 1 N–H and O–H groups in total. The number of hydrogen-bond acceptors (Lipinski definition) is 2. The lowest BCUT2D eigenvalue weighted by atomic mass is 9.92. The van der Waals surface area contributed by atoms with Gasteiger partial charge in [-0.1, -0.05) is 44.2 Å². The molecular formula is C20H33IN4O. The van der Waals surface area contributed by atoms with Crippen molar-refractivity contribution in [2.45, 2.75) is 33.2 Å². The maximum Gasteiger partial charge on any atom is 0.224 e. The van der Waals surface area contributed by atoms with Gasteiger partial charge in [-0.15, -0.1) is 24.0 Å². The summed E-state index contributed by atoms with van der Waals surface area (Å²) in [7, 11) is 3.67. The van der Waals surface area contributed by atoms with Gasteiger partial charge in [0.1, 0.15) is 0 Å². The van der Waals surface area contributed by atoms with Crippen LogP contribution in [0.3, 0.4) is 0 Å². The van der Waals surface area contributed by atoms with E-state index in [1.807, 2.05) is 44.4 Å². The van der Waals surface area contributed by atoms with Gasteiger partial charge in [-0.05, 0) is 23.8 Å². The Bertz CT molecular complexity index is 568. The third kappa shape index (κ3) is 7.13. The van der Waals surface area contributed by atoms with Crippen molar-refractivity contribution in [1.82, 2.24) is 15.1 Å². The third-order valence-electron chi connectivity index (χ3n) is 4.69. The predicted molar refractivity (Wildman–Crippen MR) is 119 cm³/mol. The first-order valence-electron chi connectivity index (χ1n) is 9.23. The van der Waals surface area contributed by atoms with Crippen LogP contribution in [-0.2, 0) is 11.3 Å². The Morgan fingerprint density at radius 3 is 2.42 bits per heavy atom. The van der Waals surface area contributed by atoms with E-state index in [9.17, 15) is 4.79 Å². The average molecular weight is 472 g/mol. The summed E-state index contributed by atoms with van der Waals surface area (Å²) < 4.78 is 0. The Hall–Kier alpha value is -1.31. The van der Waals surface area contributed by atoms with Gasteiger partial charge >= 0.3 is 0 Å². The summed E-state index contributed by atoms with van der Waals surface area (Å²) in [4.78, 5) is 20.8. The van der Waals surface area contributed by atoms with Crippen LogP contribution in [0.25, 0.3) is 0 Å². The topological polar surface area (TPSA) is 47.9 Å². The molecule has 0 aromatic heterocycles. The molecule has 0 radical (unpaired) electrons. The number of halogens is 1. The predicted octanol–water partition coefficient (Wildman–Crippen LogP) is 3.21. The van der Waals surface area contributed by atoms with Crippen molar-refractivity contribution in [3.8, 4) is 0 Å². The van der Waals surface area contributed by atoms with Crippen LogP contribution in [0.5, 0.6) is 0 Å². The number of carbonyl (C=O) groups excluding carboxylic acids is 1. The summed E-state index contributed by atoms with van der Waals surface area (Å²) in [6.07, 6.45) is 1.75. The lowest BCUT2D eigenvalue weighted by Gasteiger charge is -2.37. The van der Waals surface area contributed by atoms with Crippen molar-refractivity contribution in [2.24, 2.45) is 16.8 Å². The molecule has 0 aliphatic carbocycles. The molecule has 1 saturated heterocycles. The Kier molecular flexibility index (Phi) is 9.98. The lowest BCUT2D eigenvalue weighted by Crippen LogP contribution is -2.49. The largest absolute Gasteiger partial charge is 0.356 e. The molecule has 1 amide bonds. The van der Waals surface area contributed by atoms with Gasteiger partial charge in [0.05, 0.1) is 0 Å². The molecule has 6 heteroatoms. The first kappa shape index (κ1) is 22.7. The van der Waals surface area contributed by atoms with E-state index in [1.165, 1.54) is 6.42 Å². The minimum Gasteiger partial charge on any atom is -0.356 e. The Morgan fingerprint density at radius 1 is 1.23 bits per heavy atom. The maximum atomic E-state index is 12.3. The number of nitrogens with one attached hydrogen (secondary N) is 1. The molecule has 26 heavy (non-hydrogen) atoms. The molecule has 1 aliphatic heterocycles. The SMILES string of the molecule is CN=C(NCCC(=O)N(C)Cc1ccccc1)N1CC(C)CC(C)C1.I. The van der Waals surface area contributed by atoms with E-state index in [4.69, 9.17) is 0 Å². The molecule has 1 aliphatic rings. The molecule has 1 aromatic carbocycles. The van der Waals surface area contributed by atoms with Gasteiger partial charge in [-0.25, -0.2) is 0 Å². The summed E-state index contributed by atoms with van der Waals surface area (Å²) >= 11 is 0. The highest BCUT2D eigenvalue weighted by Gasteiger charge is 2.24. The van der Waals surface area contributed by atoms with Gasteiger partial charge in [-0.2, -0.15) is 0 Å². The van der Waals surface area contributed by atoms with Gasteiger partial charge in [0.15, 0.2) is 5.96 Å². The molecule has 0 bridgehead atoms. The quantitative estimate of drug-likeness (QED) is 0.407. The van der Waals surface area contributed by atoms with Gasteiger partial charge in [-0.3, -0.25) is 9.79 Å². The van der Waals surface area contributed by atoms with Crippen molar-refractivity contribution in [1.29, 1.82) is 0 Å². The van der Waals surface area contributed by atoms with Crippen LogP contribution in [0.15, 0.2) is 35.3 Å². The molecule has 1 fully saturated rings. The van der Waals surface area contributed by atoms with Gasteiger partial charge in [0.25, 0.3) is 0 Å². The standard InChI is InChI=1S/C20H32N4O.HI/c1-16-12-17(2)14-24(13-16)20(21-3)22-11-10-19(25)23(4)15-18-8-6-5-7-9-18;/h5-9,16-17H,10-15H2,1-4H3,(H,21,22);1H. The highest BCUT2D eigenvalue weighted by Crippen LogP contribution is 2.20. The number of hydrogen-bond donors (Lipinski definition) is 1. The van der Waals surface area contributed by atoms with Crippen LogP contribution in [0.1, 0.15) is 32.3 Å². The molecule has 2 unspecified atom stereocenters. The van der Waals surface area contributed by atoms with Crippen LogP contribution in [0, 0.1) is 11.8 Å². The zero-order valence-electron chi connectivity index (χ0n) is 16.4. The summed E-state index contributed by atoms with van der Waals surface area (Å²) in [6.45, 7) is 7.91. The second kappa shape index (κ2) is 11.4. The van der Waals surface area contributed by atoms with E-state index in [-0.39, 0.29) is 29.9 Å². The van der Waals surface area contributed by atoms with E-state index in [0.29, 0.717) is 31.3 Å². The number of aliphatic imine (C=N–C) groups is 1. The second-order valence-corrected chi connectivity index (χ2v) is 7.31. The van der Waals surface area contributed by atoms with Crippen LogP contribution in [0.4, 0.5) is 0 Å². The van der Waals surface area contributed by atoms with E-state index < -0.39 is 0 Å². The molecule has 2 rings (SSSR count). The minimum atomic E-state index is 0. The summed E-state index contributed by atoms with van der Waals surface area (Å²) in [5, 5.41) is 3.36. The van der Waals surface area contributed by atoms with Crippen LogP contribution >= 0.6 is 24.0 Å². The molecule has 5 nitrogen and oxygen atoms in total. The van der Waals surface area contributed by atoms with Gasteiger partial charge < -0.3 is 15.1 Å². The molecular weight excluding hydrogens is 439 g/mol. The fourth-order valence-electron chi connectivity index (χ4n) is 3.59. The van der Waals surface area contributed by atoms with E-state index >= 15 is 0 Å². The summed E-state index contributed by atoms with van der Waals surface area (Å²) in [5.41, 5.74) is 1.15. The third-order valence-corrected chi connectivity index (χ3v) is 4.69. The number of piperidine rings is 1. The first-order valence-corrected chi connectivity index (χ1v) is 9.23. The average Bonchev–Trinajstić information content (AvgIpc) is 2.58. The number of benzene rings is 1. The summed E-state index contributed by atoms with van der Waals surface area (Å²) in [5.74, 6) is 2.42. The molecule has 2 atom stereocenters. The van der Waals surface area contributed by atoms with Crippen molar-refractivity contribution in [2.75, 3.05) is 33.7 Å². The Labute approximate surface area is 175 Å². The van der Waals surface area contributed by atoms with E-state index in [2.05, 4.69) is 29.1 Å². The van der Waals surface area contributed by atoms with E-state index in [1.54, 1.807) is 4.90 Å². The van der Waals surface area contributed by atoms with E-state index in [0.717, 1.165) is 24.6 Å². The van der Waals surface area contributed by atoms with Crippen LogP contribution in [-0.4, -0.2) is 55.4 Å². The smallest absolute Gasteiger partial charge is 0.224 e. The number of amides is 1. The fraction of sp³-hybridized carbons (Fsp3) is 0.600. The lowest BCUT2D eigenvalue weighted by molar-refractivity contribution is -0.130. The van der Waals surface area contributed by atoms with Crippen LogP contribution in [0.2, 0.25) is 0 Å². The number of guanidine groups is 1. The highest BCUT2D eigenvalue weighted by atomic mass is 127. The normalized spacial score (nSPS) is 20.3. The zero-order valence-corrected chi connectivity index (χ0v) is 18.8. The minimum absolute atomic E-state index is 0. The molecule has 1 aromatic rings. The molecule has 0 saturated carbocycles. The fourth-order valence-corrected chi connectivity index (χ4v) is 3.59. The van der Waals surface area contributed by atoms with Crippen molar-refractivity contribution < 1.29 is 4.79 Å². The first-order chi connectivity index (χ1) is 12.0. The summed E-state index contributed by atoms with van der Waals surface area (Å²) in [6, 6.07) is 10.1. The van der Waals surface area contributed by atoms with Crippen molar-refractivity contribution in [3.05, 3.63) is 35.9 Å². The number of likely N-dealkylation sites (tertiary alicyclic amines) is 1. The molecule has 1 heterocycles. The number of carbonyl (C=O) groups is 1. The highest BCUT2D eigenvalue weighted by molar-refractivity contribution is 14.0. The monoisotopic (exact) mass is 472 g/mol. The van der Waals surface area contributed by atoms with Gasteiger partial charge in [0.2, 0.25) is 5.91 Å². The second-order valence-electron chi connectivity index (χ2n) is 7.31. The number of nitrogens with zero attached hydrogens (tertiary/aromatic N) is 3. The Morgan fingerprint density at radius 2 is 1.85 bits per heavy atom. The van der Waals surface area contributed by atoms with Crippen LogP contribution < -0.4 is 5.32 Å². The Balaban J connectivity index is 0.00000338.